The second-order valence-electron chi connectivity index (χ2n) is 6.45. The van der Waals surface area contributed by atoms with Crippen molar-refractivity contribution in [3.8, 4) is 5.75 Å². The number of hydrogen-bond acceptors (Lipinski definition) is 3. The van der Waals surface area contributed by atoms with Gasteiger partial charge >= 0.3 is 0 Å². The third kappa shape index (κ3) is 3.09. The molecule has 1 aliphatic heterocycles. The van der Waals surface area contributed by atoms with Crippen LogP contribution in [0.15, 0.2) is 24.3 Å². The fourth-order valence-electron chi connectivity index (χ4n) is 3.77. The number of nitrogens with zero attached hydrogens (tertiary/aromatic N) is 1. The first-order valence-corrected chi connectivity index (χ1v) is 8.03. The standard InChI is InChI=1S/C17H23FN2O2/c18-13-4-3-5-15(10-13)22-9-6-16(21)20-8-2-1-7-17(20)11-14(19)12-17/h3-5,10,14H,1-2,6-9,11-12,19H2. The summed E-state index contributed by atoms with van der Waals surface area (Å²) in [6.45, 7) is 1.10. The van der Waals surface area contributed by atoms with Gasteiger partial charge in [0.2, 0.25) is 5.91 Å². The lowest BCUT2D eigenvalue weighted by atomic mass is 9.67. The number of hydrogen-bond donors (Lipinski definition) is 1. The second-order valence-corrected chi connectivity index (χ2v) is 6.45. The minimum Gasteiger partial charge on any atom is -0.493 e. The molecule has 0 unspecified atom stereocenters. The number of likely N-dealkylation sites (tertiary alicyclic amines) is 1. The number of amides is 1. The predicted molar refractivity (Wildman–Crippen MR) is 82.0 cm³/mol. The molecule has 0 aromatic heterocycles. The van der Waals surface area contributed by atoms with Crippen molar-refractivity contribution in [2.45, 2.75) is 50.1 Å². The third-order valence-electron chi connectivity index (χ3n) is 4.81. The van der Waals surface area contributed by atoms with Gasteiger partial charge in [-0.3, -0.25) is 4.79 Å². The van der Waals surface area contributed by atoms with Crippen LogP contribution in [0.3, 0.4) is 0 Å². The number of halogens is 1. The highest BCUT2D eigenvalue weighted by Crippen LogP contribution is 2.43. The average molecular weight is 306 g/mol. The number of nitrogens with two attached hydrogens (primary N) is 1. The van der Waals surface area contributed by atoms with Crippen molar-refractivity contribution in [3.05, 3.63) is 30.1 Å². The van der Waals surface area contributed by atoms with E-state index < -0.39 is 0 Å². The Labute approximate surface area is 130 Å². The molecule has 1 heterocycles. The second kappa shape index (κ2) is 6.24. The molecule has 3 rings (SSSR count). The number of carbonyl (C=O) groups is 1. The summed E-state index contributed by atoms with van der Waals surface area (Å²) in [6, 6.07) is 6.23. The van der Waals surface area contributed by atoms with Gasteiger partial charge in [0.05, 0.1) is 13.0 Å². The van der Waals surface area contributed by atoms with E-state index in [1.807, 2.05) is 4.90 Å². The number of piperidine rings is 1. The molecule has 0 atom stereocenters. The maximum Gasteiger partial charge on any atom is 0.226 e. The van der Waals surface area contributed by atoms with E-state index in [0.29, 0.717) is 12.2 Å². The van der Waals surface area contributed by atoms with Gasteiger partial charge in [0.15, 0.2) is 0 Å². The molecule has 22 heavy (non-hydrogen) atoms. The lowest BCUT2D eigenvalue weighted by Gasteiger charge is -2.56. The van der Waals surface area contributed by atoms with Gasteiger partial charge in [-0.15, -0.1) is 0 Å². The lowest BCUT2D eigenvalue weighted by molar-refractivity contribution is -0.146. The van der Waals surface area contributed by atoms with Crippen LogP contribution >= 0.6 is 0 Å². The Hall–Kier alpha value is -1.62. The summed E-state index contributed by atoms with van der Waals surface area (Å²) >= 11 is 0. The molecule has 1 spiro atoms. The van der Waals surface area contributed by atoms with Gasteiger partial charge in [0, 0.05) is 24.2 Å². The Morgan fingerprint density at radius 2 is 2.23 bits per heavy atom. The first kappa shape index (κ1) is 15.3. The first-order chi connectivity index (χ1) is 10.6. The fourth-order valence-corrected chi connectivity index (χ4v) is 3.77. The summed E-state index contributed by atoms with van der Waals surface area (Å²) in [5.74, 6) is 0.261. The summed E-state index contributed by atoms with van der Waals surface area (Å²) in [5, 5.41) is 0. The van der Waals surface area contributed by atoms with E-state index in [4.69, 9.17) is 10.5 Å². The zero-order valence-corrected chi connectivity index (χ0v) is 12.8. The van der Waals surface area contributed by atoms with Crippen molar-refractivity contribution in [2.75, 3.05) is 13.2 Å². The number of benzene rings is 1. The summed E-state index contributed by atoms with van der Waals surface area (Å²) in [7, 11) is 0. The van der Waals surface area contributed by atoms with Crippen LogP contribution in [0.2, 0.25) is 0 Å². The topological polar surface area (TPSA) is 55.6 Å². The summed E-state index contributed by atoms with van der Waals surface area (Å²) in [6.07, 6.45) is 5.47. The van der Waals surface area contributed by atoms with Gasteiger partial charge < -0.3 is 15.4 Å². The van der Waals surface area contributed by atoms with Crippen LogP contribution in [0, 0.1) is 5.82 Å². The molecule has 2 fully saturated rings. The smallest absolute Gasteiger partial charge is 0.226 e. The molecule has 0 radical (unpaired) electrons. The van der Waals surface area contributed by atoms with Crippen LogP contribution in [0.4, 0.5) is 4.39 Å². The normalized spacial score (nSPS) is 27.5. The molecule has 1 aromatic rings. The SMILES string of the molecule is NC1CC2(CCCCN2C(=O)CCOc2cccc(F)c2)C1. The van der Waals surface area contributed by atoms with Gasteiger partial charge in [0.1, 0.15) is 11.6 Å². The maximum absolute atomic E-state index is 13.1. The maximum atomic E-state index is 13.1. The molecule has 2 N–H and O–H groups in total. The monoisotopic (exact) mass is 306 g/mol. The zero-order valence-electron chi connectivity index (χ0n) is 12.8. The summed E-state index contributed by atoms with van der Waals surface area (Å²) in [5.41, 5.74) is 5.95. The van der Waals surface area contributed by atoms with E-state index in [9.17, 15) is 9.18 Å². The molecule has 1 amide bonds. The highest BCUT2D eigenvalue weighted by molar-refractivity contribution is 5.77. The quantitative estimate of drug-likeness (QED) is 0.929. The van der Waals surface area contributed by atoms with Crippen molar-refractivity contribution in [3.63, 3.8) is 0 Å². The third-order valence-corrected chi connectivity index (χ3v) is 4.81. The zero-order chi connectivity index (χ0) is 15.6. The molecule has 2 aliphatic rings. The highest BCUT2D eigenvalue weighted by Gasteiger charge is 2.49. The van der Waals surface area contributed by atoms with Crippen molar-refractivity contribution >= 4 is 5.91 Å². The Morgan fingerprint density at radius 3 is 2.95 bits per heavy atom. The minimum absolute atomic E-state index is 0.00754. The van der Waals surface area contributed by atoms with E-state index in [-0.39, 0.29) is 29.9 Å². The van der Waals surface area contributed by atoms with Gasteiger partial charge in [-0.1, -0.05) is 6.07 Å². The number of ether oxygens (including phenoxy) is 1. The molecule has 5 heteroatoms. The van der Waals surface area contributed by atoms with Crippen molar-refractivity contribution < 1.29 is 13.9 Å². The van der Waals surface area contributed by atoms with E-state index in [0.717, 1.165) is 32.2 Å². The molecular weight excluding hydrogens is 283 g/mol. The molecule has 1 saturated heterocycles. The number of rotatable bonds is 4. The van der Waals surface area contributed by atoms with E-state index in [2.05, 4.69) is 0 Å². The van der Waals surface area contributed by atoms with Gasteiger partial charge in [-0.2, -0.15) is 0 Å². The largest absolute Gasteiger partial charge is 0.493 e. The molecule has 1 aliphatic carbocycles. The predicted octanol–water partition coefficient (Wildman–Crippen LogP) is 2.47. The Kier molecular flexibility index (Phi) is 4.34. The van der Waals surface area contributed by atoms with E-state index in [1.165, 1.54) is 18.6 Å². The average Bonchev–Trinajstić information content (AvgIpc) is 2.46. The van der Waals surface area contributed by atoms with Crippen molar-refractivity contribution in [2.24, 2.45) is 5.73 Å². The Bertz CT molecular complexity index is 538. The summed E-state index contributed by atoms with van der Waals surface area (Å²) < 4.78 is 18.5. The molecule has 1 aromatic carbocycles. The van der Waals surface area contributed by atoms with Crippen molar-refractivity contribution in [1.29, 1.82) is 0 Å². The van der Waals surface area contributed by atoms with Crippen molar-refractivity contribution in [1.82, 2.24) is 4.90 Å². The fraction of sp³-hybridized carbons (Fsp3) is 0.588. The van der Waals surface area contributed by atoms with Crippen LogP contribution in [0.5, 0.6) is 5.75 Å². The van der Waals surface area contributed by atoms with Crippen LogP contribution in [0.25, 0.3) is 0 Å². The van der Waals surface area contributed by atoms with Crippen LogP contribution in [-0.2, 0) is 4.79 Å². The molecule has 1 saturated carbocycles. The van der Waals surface area contributed by atoms with Crippen LogP contribution in [0.1, 0.15) is 38.5 Å². The van der Waals surface area contributed by atoms with Gasteiger partial charge in [-0.25, -0.2) is 4.39 Å². The molecule has 120 valence electrons. The molecular formula is C17H23FN2O2. The highest BCUT2D eigenvalue weighted by atomic mass is 19.1. The molecule has 0 bridgehead atoms. The van der Waals surface area contributed by atoms with E-state index in [1.54, 1.807) is 12.1 Å². The number of carbonyl (C=O) groups excluding carboxylic acids is 1. The van der Waals surface area contributed by atoms with Gasteiger partial charge in [0.25, 0.3) is 0 Å². The van der Waals surface area contributed by atoms with Crippen LogP contribution in [-0.4, -0.2) is 35.5 Å². The van der Waals surface area contributed by atoms with Crippen LogP contribution < -0.4 is 10.5 Å². The summed E-state index contributed by atoms with van der Waals surface area (Å²) in [4.78, 5) is 14.5. The first-order valence-electron chi connectivity index (χ1n) is 8.03. The lowest BCUT2D eigenvalue weighted by Crippen LogP contribution is -2.65. The van der Waals surface area contributed by atoms with E-state index >= 15 is 0 Å². The Balaban J connectivity index is 1.53. The Morgan fingerprint density at radius 1 is 1.41 bits per heavy atom. The molecule has 4 nitrogen and oxygen atoms in total. The van der Waals surface area contributed by atoms with Gasteiger partial charge in [-0.05, 0) is 44.2 Å². The minimum atomic E-state index is -0.331.